The molecule has 192 valence electrons. The lowest BCUT2D eigenvalue weighted by Crippen LogP contribution is -2.25. The van der Waals surface area contributed by atoms with E-state index in [2.05, 4.69) is 14.8 Å². The SMILES string of the molecule is Cc1ccc(S(=O)(=O)N/N=C(/c2ccc([N+](=O)[O-])cc2)[C@@H]2[C@H](c3ccc([N+](=O)[O-])cc3)N2C(C)C)cc1. The van der Waals surface area contributed by atoms with Crippen LogP contribution in [0.4, 0.5) is 11.4 Å². The van der Waals surface area contributed by atoms with Gasteiger partial charge in [-0.1, -0.05) is 29.8 Å². The van der Waals surface area contributed by atoms with E-state index in [0.717, 1.165) is 11.1 Å². The van der Waals surface area contributed by atoms with Crippen molar-refractivity contribution in [3.63, 3.8) is 0 Å². The summed E-state index contributed by atoms with van der Waals surface area (Å²) in [5, 5.41) is 26.5. The average molecular weight is 524 g/mol. The van der Waals surface area contributed by atoms with Gasteiger partial charge in [0, 0.05) is 30.3 Å². The van der Waals surface area contributed by atoms with Gasteiger partial charge in [0.1, 0.15) is 0 Å². The van der Waals surface area contributed by atoms with Crippen LogP contribution in [0.15, 0.2) is 82.8 Å². The molecular formula is C25H25N5O6S. The molecule has 0 aromatic heterocycles. The Balaban J connectivity index is 1.74. The second-order valence-electron chi connectivity index (χ2n) is 8.99. The Morgan fingerprint density at radius 1 is 0.892 bits per heavy atom. The number of nitrogens with one attached hydrogen (secondary N) is 1. The molecular weight excluding hydrogens is 498 g/mol. The zero-order valence-electron chi connectivity index (χ0n) is 20.3. The van der Waals surface area contributed by atoms with E-state index in [0.29, 0.717) is 11.3 Å². The second kappa shape index (κ2) is 10.1. The summed E-state index contributed by atoms with van der Waals surface area (Å²) in [4.78, 5) is 25.7. The summed E-state index contributed by atoms with van der Waals surface area (Å²) in [6.07, 6.45) is 0. The molecule has 3 aromatic carbocycles. The fraction of sp³-hybridized carbons (Fsp3) is 0.240. The Hall–Kier alpha value is -4.16. The number of hydrogen-bond donors (Lipinski definition) is 1. The van der Waals surface area contributed by atoms with Gasteiger partial charge in [0.25, 0.3) is 21.4 Å². The highest BCUT2D eigenvalue weighted by molar-refractivity contribution is 7.89. The molecule has 3 atom stereocenters. The minimum absolute atomic E-state index is 0.0298. The first-order chi connectivity index (χ1) is 17.5. The summed E-state index contributed by atoms with van der Waals surface area (Å²) in [5.74, 6) is 0. The molecule has 1 heterocycles. The number of sulfonamides is 1. The monoisotopic (exact) mass is 523 g/mol. The summed E-state index contributed by atoms with van der Waals surface area (Å²) < 4.78 is 25.9. The summed E-state index contributed by atoms with van der Waals surface area (Å²) >= 11 is 0. The third-order valence-electron chi connectivity index (χ3n) is 6.17. The third-order valence-corrected chi connectivity index (χ3v) is 7.39. The van der Waals surface area contributed by atoms with Crippen molar-refractivity contribution in [2.75, 3.05) is 0 Å². The van der Waals surface area contributed by atoms with Gasteiger partial charge in [0.2, 0.25) is 0 Å². The number of nitro groups is 2. The van der Waals surface area contributed by atoms with Gasteiger partial charge in [0.05, 0.1) is 32.5 Å². The van der Waals surface area contributed by atoms with Gasteiger partial charge < -0.3 is 0 Å². The van der Waals surface area contributed by atoms with Gasteiger partial charge in [0.15, 0.2) is 0 Å². The van der Waals surface area contributed by atoms with Crippen LogP contribution in [0.5, 0.6) is 0 Å². The molecule has 1 saturated heterocycles. The van der Waals surface area contributed by atoms with E-state index in [-0.39, 0.29) is 34.4 Å². The van der Waals surface area contributed by atoms with E-state index in [1.54, 1.807) is 24.3 Å². The van der Waals surface area contributed by atoms with Crippen molar-refractivity contribution < 1.29 is 18.3 Å². The highest BCUT2D eigenvalue weighted by Crippen LogP contribution is 2.47. The fourth-order valence-electron chi connectivity index (χ4n) is 4.26. The maximum atomic E-state index is 12.9. The Bertz CT molecular complexity index is 1450. The van der Waals surface area contributed by atoms with Crippen LogP contribution in [0.25, 0.3) is 0 Å². The van der Waals surface area contributed by atoms with E-state index in [1.165, 1.54) is 48.5 Å². The van der Waals surface area contributed by atoms with Crippen LogP contribution in [0, 0.1) is 27.2 Å². The van der Waals surface area contributed by atoms with Crippen molar-refractivity contribution in [1.29, 1.82) is 0 Å². The molecule has 4 rings (SSSR count). The predicted molar refractivity (Wildman–Crippen MR) is 138 cm³/mol. The van der Waals surface area contributed by atoms with E-state index in [9.17, 15) is 28.6 Å². The van der Waals surface area contributed by atoms with Crippen LogP contribution in [0.1, 0.15) is 36.6 Å². The summed E-state index contributed by atoms with van der Waals surface area (Å²) in [6.45, 7) is 5.80. The predicted octanol–water partition coefficient (Wildman–Crippen LogP) is 4.33. The Morgan fingerprint density at radius 2 is 1.41 bits per heavy atom. The number of hydrogen-bond acceptors (Lipinski definition) is 8. The molecule has 12 heteroatoms. The number of non-ortho nitro benzene ring substituents is 2. The third kappa shape index (κ3) is 5.49. The molecule has 1 aliphatic rings. The van der Waals surface area contributed by atoms with E-state index >= 15 is 0 Å². The summed E-state index contributed by atoms with van der Waals surface area (Å²) in [5.41, 5.74) is 2.46. The number of nitrogens with zero attached hydrogens (tertiary/aromatic N) is 4. The van der Waals surface area contributed by atoms with Gasteiger partial charge in [-0.3, -0.25) is 25.1 Å². The van der Waals surface area contributed by atoms with Crippen molar-refractivity contribution in [2.24, 2.45) is 5.10 Å². The standard InChI is InChI=1S/C25H25N5O6S/c1-16(2)28-24(19-8-12-21(13-9-19)30(33)34)25(28)23(18-6-10-20(11-7-18)29(31)32)26-27-37(35,36)22-14-4-17(3)5-15-22/h4-16,24-25,27H,1-3H3/b26-23-/t24-,25+,28?/m0/s1. The quantitative estimate of drug-likeness (QED) is 0.190. The van der Waals surface area contributed by atoms with Crippen molar-refractivity contribution in [3.05, 3.63) is 110 Å². The highest BCUT2D eigenvalue weighted by atomic mass is 32.2. The van der Waals surface area contributed by atoms with Gasteiger partial charge in [-0.15, -0.1) is 0 Å². The van der Waals surface area contributed by atoms with Crippen molar-refractivity contribution in [3.8, 4) is 0 Å². The van der Waals surface area contributed by atoms with Crippen LogP contribution in [0.2, 0.25) is 0 Å². The fourth-order valence-corrected chi connectivity index (χ4v) is 5.08. The summed E-state index contributed by atoms with van der Waals surface area (Å²) in [6, 6.07) is 17.7. The Labute approximate surface area is 213 Å². The molecule has 37 heavy (non-hydrogen) atoms. The smallest absolute Gasteiger partial charge is 0.276 e. The topological polar surface area (TPSA) is 148 Å². The van der Waals surface area contributed by atoms with Crippen LogP contribution in [0.3, 0.4) is 0 Å². The number of nitro benzene ring substituents is 2. The molecule has 1 unspecified atom stereocenters. The maximum Gasteiger partial charge on any atom is 0.276 e. The van der Waals surface area contributed by atoms with Gasteiger partial charge in [-0.05, 0) is 56.2 Å². The molecule has 0 bridgehead atoms. The molecule has 1 N–H and O–H groups in total. The summed E-state index contributed by atoms with van der Waals surface area (Å²) in [7, 11) is -3.98. The van der Waals surface area contributed by atoms with Crippen LogP contribution in [-0.4, -0.2) is 41.0 Å². The molecule has 0 saturated carbocycles. The minimum atomic E-state index is -3.98. The molecule has 0 radical (unpaired) electrons. The molecule has 0 aliphatic carbocycles. The number of benzene rings is 3. The minimum Gasteiger partial charge on any atom is -0.282 e. The Kier molecular flexibility index (Phi) is 7.05. The lowest BCUT2D eigenvalue weighted by atomic mass is 10.0. The van der Waals surface area contributed by atoms with Crippen LogP contribution < -0.4 is 4.83 Å². The molecule has 1 aliphatic heterocycles. The number of aryl methyl sites for hydroxylation is 1. The lowest BCUT2D eigenvalue weighted by molar-refractivity contribution is -0.385. The van der Waals surface area contributed by atoms with Crippen LogP contribution >= 0.6 is 0 Å². The lowest BCUT2D eigenvalue weighted by Gasteiger charge is -2.11. The first kappa shape index (κ1) is 25.9. The van der Waals surface area contributed by atoms with Crippen LogP contribution in [-0.2, 0) is 10.0 Å². The number of rotatable bonds is 9. The van der Waals surface area contributed by atoms with Crippen molar-refractivity contribution in [2.45, 2.75) is 43.8 Å². The normalized spacial score (nSPS) is 19.5. The molecule has 3 aromatic rings. The Morgan fingerprint density at radius 3 is 1.89 bits per heavy atom. The average Bonchev–Trinajstić information content (AvgIpc) is 3.60. The van der Waals surface area contributed by atoms with Gasteiger partial charge in [-0.2, -0.15) is 18.4 Å². The van der Waals surface area contributed by atoms with Crippen molar-refractivity contribution in [1.82, 2.24) is 9.73 Å². The first-order valence-corrected chi connectivity index (χ1v) is 12.9. The largest absolute Gasteiger partial charge is 0.282 e. The molecule has 11 nitrogen and oxygen atoms in total. The van der Waals surface area contributed by atoms with E-state index in [4.69, 9.17) is 0 Å². The highest BCUT2D eigenvalue weighted by Gasteiger charge is 2.53. The maximum absolute atomic E-state index is 12.9. The molecule has 1 fully saturated rings. The zero-order chi connectivity index (χ0) is 26.9. The van der Waals surface area contributed by atoms with E-state index in [1.807, 2.05) is 20.8 Å². The van der Waals surface area contributed by atoms with E-state index < -0.39 is 19.9 Å². The number of hydrazone groups is 1. The van der Waals surface area contributed by atoms with Gasteiger partial charge >= 0.3 is 0 Å². The second-order valence-corrected chi connectivity index (χ2v) is 10.6. The zero-order valence-corrected chi connectivity index (χ0v) is 21.1. The van der Waals surface area contributed by atoms with Gasteiger partial charge in [-0.25, -0.2) is 0 Å². The molecule has 0 amide bonds. The first-order valence-electron chi connectivity index (χ1n) is 11.4. The van der Waals surface area contributed by atoms with Crippen molar-refractivity contribution >= 4 is 27.1 Å². The molecule has 0 spiro atoms.